The summed E-state index contributed by atoms with van der Waals surface area (Å²) < 4.78 is 34.3. The molecule has 2 saturated carbocycles. The van der Waals surface area contributed by atoms with E-state index in [-0.39, 0.29) is 17.0 Å². The molecule has 2 aliphatic rings. The van der Waals surface area contributed by atoms with Crippen molar-refractivity contribution in [2.45, 2.75) is 68.4 Å². The number of methoxy groups -OCH3 is 1. The van der Waals surface area contributed by atoms with Gasteiger partial charge in [-0.25, -0.2) is 18.1 Å². The number of aromatic amines is 1. The van der Waals surface area contributed by atoms with Crippen LogP contribution in [0.3, 0.4) is 0 Å². The van der Waals surface area contributed by atoms with E-state index in [1.54, 1.807) is 12.1 Å². The highest BCUT2D eigenvalue weighted by atomic mass is 32.2. The fourth-order valence-corrected chi connectivity index (χ4v) is 5.33. The molecule has 0 saturated heterocycles. The van der Waals surface area contributed by atoms with Crippen LogP contribution >= 0.6 is 0 Å². The van der Waals surface area contributed by atoms with Crippen LogP contribution in [0.4, 0.5) is 0 Å². The van der Waals surface area contributed by atoms with E-state index in [1.165, 1.54) is 7.11 Å². The largest absolute Gasteiger partial charge is 0.495 e. The molecule has 0 unspecified atom stereocenters. The second-order valence-electron chi connectivity index (χ2n) is 7.86. The quantitative estimate of drug-likeness (QED) is 0.685. The smallest absolute Gasteiger partial charge is 0.244 e. The van der Waals surface area contributed by atoms with Crippen LogP contribution in [0.2, 0.25) is 0 Å². The zero-order valence-electron chi connectivity index (χ0n) is 16.2. The molecule has 2 aromatic rings. The van der Waals surface area contributed by atoms with Gasteiger partial charge in [-0.1, -0.05) is 0 Å². The number of aryl methyl sites for hydroxylation is 1. The molecule has 1 aromatic carbocycles. The molecule has 0 aliphatic heterocycles. The first-order chi connectivity index (χ1) is 13.4. The number of hydrogen-bond donors (Lipinski definition) is 3. The Hall–Kier alpha value is -1.90. The molecule has 0 bridgehead atoms. The normalized spacial score (nSPS) is 23.0. The van der Waals surface area contributed by atoms with E-state index in [9.17, 15) is 13.5 Å². The minimum Gasteiger partial charge on any atom is -0.495 e. The van der Waals surface area contributed by atoms with Gasteiger partial charge in [0.2, 0.25) is 10.0 Å². The monoisotopic (exact) mass is 405 g/mol. The van der Waals surface area contributed by atoms with Crippen LogP contribution < -0.4 is 9.46 Å². The van der Waals surface area contributed by atoms with E-state index < -0.39 is 10.0 Å². The Balaban J connectivity index is 1.65. The summed E-state index contributed by atoms with van der Waals surface area (Å²) in [6.07, 6.45) is 4.45. The molecule has 8 heteroatoms. The van der Waals surface area contributed by atoms with E-state index in [4.69, 9.17) is 9.72 Å². The van der Waals surface area contributed by atoms with Gasteiger partial charge in [-0.15, -0.1) is 0 Å². The van der Waals surface area contributed by atoms with Crippen molar-refractivity contribution < 1.29 is 18.3 Å². The van der Waals surface area contributed by atoms with Crippen molar-refractivity contribution in [3.05, 3.63) is 29.7 Å². The number of H-pyrrole nitrogens is 1. The summed E-state index contributed by atoms with van der Waals surface area (Å²) in [4.78, 5) is 8.16. The number of aliphatic hydroxyl groups excluding tert-OH is 1. The van der Waals surface area contributed by atoms with Crippen LogP contribution in [-0.2, 0) is 10.0 Å². The van der Waals surface area contributed by atoms with E-state index in [2.05, 4.69) is 9.71 Å². The number of benzene rings is 1. The molecule has 0 amide bonds. The molecule has 4 rings (SSSR count). The van der Waals surface area contributed by atoms with Gasteiger partial charge in [0.05, 0.1) is 18.9 Å². The first-order valence-electron chi connectivity index (χ1n) is 9.82. The lowest BCUT2D eigenvalue weighted by Crippen LogP contribution is -2.38. The van der Waals surface area contributed by atoms with Gasteiger partial charge in [-0.2, -0.15) is 0 Å². The van der Waals surface area contributed by atoms with Crippen LogP contribution in [0, 0.1) is 6.92 Å². The summed E-state index contributed by atoms with van der Waals surface area (Å²) in [5.74, 6) is 1.78. The Morgan fingerprint density at radius 1 is 1.18 bits per heavy atom. The molecular formula is C20H27N3O4S. The lowest BCUT2D eigenvalue weighted by Gasteiger charge is -2.26. The maximum absolute atomic E-state index is 13.1. The van der Waals surface area contributed by atoms with Crippen molar-refractivity contribution in [1.29, 1.82) is 0 Å². The second kappa shape index (κ2) is 7.50. The first-order valence-corrected chi connectivity index (χ1v) is 11.3. The molecular weight excluding hydrogens is 378 g/mol. The molecule has 0 radical (unpaired) electrons. The van der Waals surface area contributed by atoms with E-state index in [1.807, 2.05) is 13.0 Å². The van der Waals surface area contributed by atoms with Gasteiger partial charge in [0.1, 0.15) is 16.5 Å². The number of nitrogens with zero attached hydrogens (tertiary/aromatic N) is 1. The van der Waals surface area contributed by atoms with Crippen LogP contribution in [0.15, 0.2) is 23.1 Å². The van der Waals surface area contributed by atoms with Gasteiger partial charge in [-0.3, -0.25) is 0 Å². The molecule has 1 aromatic heterocycles. The summed E-state index contributed by atoms with van der Waals surface area (Å²) in [6.45, 7) is 1.96. The molecule has 7 nitrogen and oxygen atoms in total. The lowest BCUT2D eigenvalue weighted by molar-refractivity contribution is 0.120. The summed E-state index contributed by atoms with van der Waals surface area (Å²) >= 11 is 0. The van der Waals surface area contributed by atoms with Crippen molar-refractivity contribution in [2.75, 3.05) is 7.11 Å². The van der Waals surface area contributed by atoms with Gasteiger partial charge in [0.15, 0.2) is 0 Å². The second-order valence-corrected chi connectivity index (χ2v) is 9.54. The first kappa shape index (κ1) is 19.4. The molecule has 0 atom stereocenters. The highest BCUT2D eigenvalue weighted by molar-refractivity contribution is 7.89. The Bertz CT molecular complexity index is 958. The molecule has 28 heavy (non-hydrogen) atoms. The Labute approximate surface area is 165 Å². The Kier molecular flexibility index (Phi) is 5.20. The maximum Gasteiger partial charge on any atom is 0.244 e. The predicted molar refractivity (Wildman–Crippen MR) is 106 cm³/mol. The maximum atomic E-state index is 13.1. The fourth-order valence-electron chi connectivity index (χ4n) is 3.83. The number of aromatic nitrogens is 2. The van der Waals surface area contributed by atoms with Gasteiger partial charge in [0, 0.05) is 23.2 Å². The number of hydrogen-bond acceptors (Lipinski definition) is 5. The van der Waals surface area contributed by atoms with Crippen molar-refractivity contribution >= 4 is 10.0 Å². The molecule has 3 N–H and O–H groups in total. The number of imidazole rings is 1. The van der Waals surface area contributed by atoms with Gasteiger partial charge in [0.25, 0.3) is 0 Å². The minimum atomic E-state index is -3.76. The van der Waals surface area contributed by atoms with E-state index >= 15 is 0 Å². The number of ether oxygens (including phenoxy) is 1. The third kappa shape index (κ3) is 3.94. The van der Waals surface area contributed by atoms with Crippen LogP contribution in [0.25, 0.3) is 11.3 Å². The van der Waals surface area contributed by atoms with Gasteiger partial charge in [-0.05, 0) is 63.6 Å². The molecule has 2 aliphatic carbocycles. The molecule has 152 valence electrons. The minimum absolute atomic E-state index is 0.119. The standard InChI is InChI=1S/C20H27N3O4S/c1-12-19(22-20(21-12)13-3-4-13)14-5-10-17(27-2)18(11-14)28(25,26)23-15-6-8-16(24)9-7-15/h5,10-11,13,15-16,23-24H,3-4,6-9H2,1-2H3,(H,21,22). The zero-order valence-corrected chi connectivity index (χ0v) is 17.1. The predicted octanol–water partition coefficient (Wildman–Crippen LogP) is 2.85. The van der Waals surface area contributed by atoms with Crippen molar-refractivity contribution in [2.24, 2.45) is 0 Å². The Morgan fingerprint density at radius 2 is 1.89 bits per heavy atom. The summed E-state index contributed by atoms with van der Waals surface area (Å²) in [7, 11) is -2.29. The van der Waals surface area contributed by atoms with Crippen LogP contribution in [-0.4, -0.2) is 42.7 Å². The van der Waals surface area contributed by atoms with Crippen LogP contribution in [0.1, 0.15) is 56.0 Å². The third-order valence-corrected chi connectivity index (χ3v) is 7.15. The highest BCUT2D eigenvalue weighted by Gasteiger charge is 2.29. The number of nitrogens with one attached hydrogen (secondary N) is 2. The Morgan fingerprint density at radius 3 is 2.54 bits per heavy atom. The topological polar surface area (TPSA) is 104 Å². The van der Waals surface area contributed by atoms with E-state index in [0.29, 0.717) is 37.4 Å². The number of aliphatic hydroxyl groups is 1. The van der Waals surface area contributed by atoms with Gasteiger partial charge >= 0.3 is 0 Å². The van der Waals surface area contributed by atoms with Crippen molar-refractivity contribution in [3.63, 3.8) is 0 Å². The SMILES string of the molecule is COc1ccc(-c2nc(C3CC3)[nH]c2C)cc1S(=O)(=O)NC1CCC(O)CC1. The van der Waals surface area contributed by atoms with Gasteiger partial charge < -0.3 is 14.8 Å². The summed E-state index contributed by atoms with van der Waals surface area (Å²) in [6, 6.07) is 4.99. The van der Waals surface area contributed by atoms with Crippen molar-refractivity contribution in [3.8, 4) is 17.0 Å². The fraction of sp³-hybridized carbons (Fsp3) is 0.550. The average molecular weight is 406 g/mol. The molecule has 1 heterocycles. The van der Waals surface area contributed by atoms with Crippen molar-refractivity contribution in [1.82, 2.24) is 14.7 Å². The molecule has 2 fully saturated rings. The third-order valence-electron chi connectivity index (χ3n) is 5.61. The zero-order chi connectivity index (χ0) is 19.9. The summed E-state index contributed by atoms with van der Waals surface area (Å²) in [5.41, 5.74) is 2.47. The van der Waals surface area contributed by atoms with Crippen LogP contribution in [0.5, 0.6) is 5.75 Å². The molecule has 0 spiro atoms. The highest BCUT2D eigenvalue weighted by Crippen LogP contribution is 2.40. The van der Waals surface area contributed by atoms with E-state index in [0.717, 1.165) is 35.6 Å². The summed E-state index contributed by atoms with van der Waals surface area (Å²) in [5, 5.41) is 9.65. The number of rotatable bonds is 6. The lowest BCUT2D eigenvalue weighted by atomic mass is 9.94. The average Bonchev–Trinajstić information content (AvgIpc) is 3.45. The number of sulfonamides is 1.